The van der Waals surface area contributed by atoms with Gasteiger partial charge in [0.2, 0.25) is 5.91 Å². The number of aromatic nitrogens is 2. The van der Waals surface area contributed by atoms with Gasteiger partial charge >= 0.3 is 5.69 Å². The number of hydrogen-bond acceptors (Lipinski definition) is 3. The number of hydrogen-bond donors (Lipinski definition) is 1. The van der Waals surface area contributed by atoms with Gasteiger partial charge in [-0.2, -0.15) is 4.98 Å². The predicted octanol–water partition coefficient (Wildman–Crippen LogP) is 2.88. The van der Waals surface area contributed by atoms with Gasteiger partial charge in [0, 0.05) is 24.5 Å². The molecule has 1 spiro atoms. The second kappa shape index (κ2) is 6.63. The largest absolute Gasteiger partial charge is 0.354 e. The van der Waals surface area contributed by atoms with Crippen LogP contribution in [-0.2, 0) is 16.8 Å². The molecule has 5 heteroatoms. The average Bonchev–Trinajstić information content (AvgIpc) is 3.05. The summed E-state index contributed by atoms with van der Waals surface area (Å²) < 4.78 is 1.63. The van der Waals surface area contributed by atoms with Crippen LogP contribution in [0.2, 0.25) is 0 Å². The summed E-state index contributed by atoms with van der Waals surface area (Å²) in [5.41, 5.74) is 2.22. The first kappa shape index (κ1) is 18.0. The van der Waals surface area contributed by atoms with Crippen molar-refractivity contribution in [2.24, 2.45) is 5.41 Å². The number of amides is 1. The van der Waals surface area contributed by atoms with E-state index in [2.05, 4.69) is 22.4 Å². The van der Waals surface area contributed by atoms with Crippen LogP contribution < -0.4 is 11.0 Å². The summed E-state index contributed by atoms with van der Waals surface area (Å²) in [5, 5.41) is 3.13. The summed E-state index contributed by atoms with van der Waals surface area (Å²) in [6.45, 7) is 4.60. The summed E-state index contributed by atoms with van der Waals surface area (Å²) in [7, 11) is 0. The van der Waals surface area contributed by atoms with E-state index in [9.17, 15) is 9.59 Å². The van der Waals surface area contributed by atoms with Crippen LogP contribution in [0.25, 0.3) is 0 Å². The average molecular weight is 365 g/mol. The Hall–Kier alpha value is -2.43. The molecule has 1 heterocycles. The van der Waals surface area contributed by atoms with Crippen LogP contribution in [0, 0.1) is 19.3 Å². The van der Waals surface area contributed by atoms with Crippen LogP contribution in [-0.4, -0.2) is 22.0 Å². The fraction of sp³-hybridized carbons (Fsp3) is 0.500. The molecule has 0 unspecified atom stereocenters. The number of nitrogens with one attached hydrogen (secondary N) is 1. The minimum Gasteiger partial charge on any atom is -0.354 e. The summed E-state index contributed by atoms with van der Waals surface area (Å²) in [5.74, 6) is 0.112. The van der Waals surface area contributed by atoms with E-state index in [1.165, 1.54) is 12.8 Å². The summed E-state index contributed by atoms with van der Waals surface area (Å²) in [6.07, 6.45) is 5.64. The Morgan fingerprint density at radius 2 is 1.89 bits per heavy atom. The molecule has 2 saturated carbocycles. The Morgan fingerprint density at radius 3 is 2.56 bits per heavy atom. The maximum atomic E-state index is 13.3. The van der Waals surface area contributed by atoms with Crippen LogP contribution in [0.15, 0.2) is 41.2 Å². The van der Waals surface area contributed by atoms with Gasteiger partial charge in [-0.25, -0.2) is 4.79 Å². The van der Waals surface area contributed by atoms with Crippen LogP contribution in [0.4, 0.5) is 0 Å². The van der Waals surface area contributed by atoms with Crippen molar-refractivity contribution in [1.82, 2.24) is 14.9 Å². The molecule has 1 atom stereocenters. The number of benzene rings is 1. The maximum absolute atomic E-state index is 13.3. The van der Waals surface area contributed by atoms with Gasteiger partial charge in [-0.1, -0.05) is 43.2 Å². The highest BCUT2D eigenvalue weighted by atomic mass is 16.2. The van der Waals surface area contributed by atoms with Crippen molar-refractivity contribution in [3.63, 3.8) is 0 Å². The first-order valence-corrected chi connectivity index (χ1v) is 9.87. The molecule has 2 fully saturated rings. The van der Waals surface area contributed by atoms with Crippen molar-refractivity contribution >= 4 is 5.91 Å². The monoisotopic (exact) mass is 365 g/mol. The molecule has 0 bridgehead atoms. The third-order valence-electron chi connectivity index (χ3n) is 6.57. The first-order valence-electron chi connectivity index (χ1n) is 9.87. The van der Waals surface area contributed by atoms with E-state index >= 15 is 0 Å². The van der Waals surface area contributed by atoms with E-state index in [1.54, 1.807) is 4.57 Å². The van der Waals surface area contributed by atoms with Crippen molar-refractivity contribution < 1.29 is 4.79 Å². The molecule has 0 radical (unpaired) electrons. The first-order chi connectivity index (χ1) is 13.0. The van der Waals surface area contributed by atoms with Crippen molar-refractivity contribution in [3.05, 3.63) is 63.8 Å². The molecule has 1 aromatic heterocycles. The lowest BCUT2D eigenvalue weighted by atomic mass is 9.84. The van der Waals surface area contributed by atoms with Gasteiger partial charge in [0.1, 0.15) is 0 Å². The van der Waals surface area contributed by atoms with Gasteiger partial charge < -0.3 is 5.32 Å². The lowest BCUT2D eigenvalue weighted by Crippen LogP contribution is -2.41. The Labute approximate surface area is 159 Å². The minimum atomic E-state index is -0.393. The quantitative estimate of drug-likeness (QED) is 0.886. The molecule has 5 nitrogen and oxygen atoms in total. The van der Waals surface area contributed by atoms with Crippen molar-refractivity contribution in [2.75, 3.05) is 6.54 Å². The summed E-state index contributed by atoms with van der Waals surface area (Å²) in [6, 6.07) is 12.1. The molecule has 2 aliphatic carbocycles. The smallest absolute Gasteiger partial charge is 0.348 e. The fourth-order valence-corrected chi connectivity index (χ4v) is 5.18. The molecular formula is C22H27N3O2. The molecular weight excluding hydrogens is 338 g/mol. The molecule has 1 amide bonds. The summed E-state index contributed by atoms with van der Waals surface area (Å²) in [4.78, 5) is 29.4. The van der Waals surface area contributed by atoms with Crippen LogP contribution in [0.1, 0.15) is 49.1 Å². The second-order valence-corrected chi connectivity index (χ2v) is 8.16. The van der Waals surface area contributed by atoms with E-state index in [0.29, 0.717) is 13.1 Å². The highest BCUT2D eigenvalue weighted by Crippen LogP contribution is 2.72. The number of carbonyl (C=O) groups is 1. The number of nitrogens with zero attached hydrogens (tertiary/aromatic N) is 2. The van der Waals surface area contributed by atoms with Crippen LogP contribution in [0.5, 0.6) is 0 Å². The highest BCUT2D eigenvalue weighted by Gasteiger charge is 2.72. The van der Waals surface area contributed by atoms with E-state index in [1.807, 2.05) is 38.1 Å². The van der Waals surface area contributed by atoms with Gasteiger partial charge in [0.15, 0.2) is 0 Å². The van der Waals surface area contributed by atoms with Gasteiger partial charge in [-0.05, 0) is 50.2 Å². The van der Waals surface area contributed by atoms with Gasteiger partial charge in [0.25, 0.3) is 0 Å². The molecule has 142 valence electrons. The molecule has 1 N–H and O–H groups in total. The predicted molar refractivity (Wildman–Crippen MR) is 105 cm³/mol. The Bertz CT molecular complexity index is 913. The lowest BCUT2D eigenvalue weighted by molar-refractivity contribution is -0.124. The molecule has 2 aliphatic rings. The molecule has 0 saturated heterocycles. The Kier molecular flexibility index (Phi) is 4.41. The minimum absolute atomic E-state index is 0.112. The molecule has 1 aromatic carbocycles. The van der Waals surface area contributed by atoms with Crippen LogP contribution >= 0.6 is 0 Å². The maximum Gasteiger partial charge on any atom is 0.348 e. The zero-order valence-electron chi connectivity index (χ0n) is 16.1. The topological polar surface area (TPSA) is 64.0 Å². The Balaban J connectivity index is 1.51. The normalized spacial score (nSPS) is 22.7. The Morgan fingerprint density at radius 1 is 1.19 bits per heavy atom. The van der Waals surface area contributed by atoms with Crippen molar-refractivity contribution in [3.8, 4) is 0 Å². The zero-order chi connectivity index (χ0) is 19.1. The standard InChI is InChI=1S/C22H27N3O2/c1-16-14-17(2)25(20(27)24-16)13-12-23-19(26)22(18-8-4-3-5-9-18)15-21(22)10-6-7-11-21/h3-5,8-9,14H,6-7,10-13,15H2,1-2H3,(H,23,26)/t22-/m1/s1. The molecule has 0 aliphatic heterocycles. The van der Waals surface area contributed by atoms with E-state index in [-0.39, 0.29) is 17.0 Å². The molecule has 4 rings (SSSR count). The molecule has 27 heavy (non-hydrogen) atoms. The van der Waals surface area contributed by atoms with Gasteiger partial charge in [0.05, 0.1) is 5.41 Å². The second-order valence-electron chi connectivity index (χ2n) is 8.16. The SMILES string of the molecule is Cc1cc(C)n(CCNC(=O)[C@]2(c3ccccc3)CC23CCCC3)c(=O)n1. The van der Waals surface area contributed by atoms with Gasteiger partial charge in [-0.15, -0.1) is 0 Å². The highest BCUT2D eigenvalue weighted by molar-refractivity contribution is 5.93. The summed E-state index contributed by atoms with van der Waals surface area (Å²) >= 11 is 0. The van der Waals surface area contributed by atoms with E-state index in [4.69, 9.17) is 0 Å². The van der Waals surface area contributed by atoms with E-state index < -0.39 is 5.41 Å². The lowest BCUT2D eigenvalue weighted by Gasteiger charge is -2.23. The molecule has 2 aromatic rings. The zero-order valence-corrected chi connectivity index (χ0v) is 16.1. The third kappa shape index (κ3) is 2.89. The van der Waals surface area contributed by atoms with E-state index in [0.717, 1.165) is 36.2 Å². The van der Waals surface area contributed by atoms with Crippen molar-refractivity contribution in [2.45, 2.75) is 57.9 Å². The fourth-order valence-electron chi connectivity index (χ4n) is 5.18. The number of aryl methyl sites for hydroxylation is 2. The van der Waals surface area contributed by atoms with Gasteiger partial charge in [-0.3, -0.25) is 9.36 Å². The number of rotatable bonds is 5. The van der Waals surface area contributed by atoms with Crippen molar-refractivity contribution in [1.29, 1.82) is 0 Å². The van der Waals surface area contributed by atoms with Crippen LogP contribution in [0.3, 0.4) is 0 Å². The third-order valence-corrected chi connectivity index (χ3v) is 6.57. The number of carbonyl (C=O) groups excluding carboxylic acids is 1.